The first-order valence-electron chi connectivity index (χ1n) is 8.23. The number of carbonyl (C=O) groups excluding carboxylic acids is 1. The first kappa shape index (κ1) is 20.3. The van der Waals surface area contributed by atoms with Crippen LogP contribution < -0.4 is 9.62 Å². The molecular weight excluding hydrogens is 372 g/mol. The van der Waals surface area contributed by atoms with Gasteiger partial charge in [0, 0.05) is 11.6 Å². The molecule has 2 aromatic carbocycles. The van der Waals surface area contributed by atoms with Gasteiger partial charge in [-0.25, -0.2) is 8.42 Å². The van der Waals surface area contributed by atoms with E-state index in [4.69, 9.17) is 11.6 Å². The van der Waals surface area contributed by atoms with Crippen LogP contribution in [0.15, 0.2) is 42.5 Å². The van der Waals surface area contributed by atoms with E-state index in [9.17, 15) is 13.2 Å². The number of anilines is 1. The highest BCUT2D eigenvalue weighted by Crippen LogP contribution is 2.25. The van der Waals surface area contributed by atoms with Gasteiger partial charge in [-0.05, 0) is 42.7 Å². The molecule has 1 amide bonds. The first-order chi connectivity index (χ1) is 12.2. The van der Waals surface area contributed by atoms with Crippen molar-refractivity contribution in [2.24, 2.45) is 0 Å². The summed E-state index contributed by atoms with van der Waals surface area (Å²) in [6, 6.07) is 12.8. The van der Waals surface area contributed by atoms with E-state index in [0.29, 0.717) is 10.7 Å². The third-order valence-electron chi connectivity index (χ3n) is 4.09. The predicted molar refractivity (Wildman–Crippen MR) is 106 cm³/mol. The fourth-order valence-corrected chi connectivity index (χ4v) is 3.80. The van der Waals surface area contributed by atoms with Gasteiger partial charge in [-0.15, -0.1) is 0 Å². The fourth-order valence-electron chi connectivity index (χ4n) is 2.66. The quantitative estimate of drug-likeness (QED) is 0.784. The molecule has 0 atom stereocenters. The van der Waals surface area contributed by atoms with Crippen LogP contribution in [-0.4, -0.2) is 33.7 Å². The average molecular weight is 395 g/mol. The van der Waals surface area contributed by atoms with Crippen LogP contribution in [0.4, 0.5) is 5.69 Å². The summed E-state index contributed by atoms with van der Waals surface area (Å²) in [6.07, 6.45) is 1.41. The monoisotopic (exact) mass is 394 g/mol. The van der Waals surface area contributed by atoms with E-state index >= 15 is 0 Å². The molecule has 140 valence electrons. The van der Waals surface area contributed by atoms with Crippen molar-refractivity contribution in [2.75, 3.05) is 23.7 Å². The molecule has 2 rings (SSSR count). The van der Waals surface area contributed by atoms with Crippen molar-refractivity contribution < 1.29 is 13.2 Å². The van der Waals surface area contributed by atoms with Crippen LogP contribution in [-0.2, 0) is 21.2 Å². The van der Waals surface area contributed by atoms with Crippen LogP contribution in [0.3, 0.4) is 0 Å². The van der Waals surface area contributed by atoms with Crippen molar-refractivity contribution in [1.29, 1.82) is 0 Å². The zero-order chi connectivity index (χ0) is 19.3. The minimum Gasteiger partial charge on any atom is -0.354 e. The van der Waals surface area contributed by atoms with Crippen LogP contribution in [0.5, 0.6) is 0 Å². The predicted octanol–water partition coefficient (Wildman–Crippen LogP) is 3.08. The number of nitrogens with zero attached hydrogens (tertiary/aromatic N) is 1. The number of nitrogens with one attached hydrogen (secondary N) is 1. The number of hydrogen-bond donors (Lipinski definition) is 1. The molecule has 0 heterocycles. The molecule has 0 radical (unpaired) electrons. The smallest absolute Gasteiger partial charge is 0.232 e. The van der Waals surface area contributed by atoms with Crippen molar-refractivity contribution in [3.63, 3.8) is 0 Å². The molecule has 1 N–H and O–H groups in total. The number of sulfonamides is 1. The summed E-state index contributed by atoms with van der Waals surface area (Å²) in [7, 11) is -3.50. The lowest BCUT2D eigenvalue weighted by Crippen LogP contribution is -2.39. The molecule has 0 saturated heterocycles. The lowest BCUT2D eigenvalue weighted by molar-refractivity contribution is -0.120. The Morgan fingerprint density at radius 2 is 1.81 bits per heavy atom. The Morgan fingerprint density at radius 1 is 1.12 bits per heavy atom. The molecular formula is C19H23ClN2O3S. The Morgan fingerprint density at radius 3 is 2.46 bits per heavy atom. The highest BCUT2D eigenvalue weighted by molar-refractivity contribution is 7.92. The molecule has 0 spiro atoms. The van der Waals surface area contributed by atoms with Crippen LogP contribution in [0.2, 0.25) is 5.02 Å². The van der Waals surface area contributed by atoms with Crippen molar-refractivity contribution in [3.05, 3.63) is 64.2 Å². The van der Waals surface area contributed by atoms with E-state index in [1.54, 1.807) is 18.2 Å². The normalized spacial score (nSPS) is 11.2. The van der Waals surface area contributed by atoms with Crippen molar-refractivity contribution in [2.45, 2.75) is 20.3 Å². The standard InChI is InChI=1S/C19H23ClN2O3S/c1-14-6-4-5-7-16(14)12-19(23)21-10-11-22(26(3,24)25)18-13-17(20)9-8-15(18)2/h4-9,13H,10-12H2,1-3H3,(H,21,23). The van der Waals surface area contributed by atoms with Gasteiger partial charge in [0.15, 0.2) is 0 Å². The molecule has 0 aliphatic heterocycles. The van der Waals surface area contributed by atoms with Gasteiger partial charge >= 0.3 is 0 Å². The van der Waals surface area contributed by atoms with E-state index in [1.165, 1.54) is 4.31 Å². The Labute approximate surface area is 160 Å². The number of amides is 1. The maximum Gasteiger partial charge on any atom is 0.232 e. The summed E-state index contributed by atoms with van der Waals surface area (Å²) in [4.78, 5) is 12.2. The number of halogens is 1. The SMILES string of the molecule is Cc1ccccc1CC(=O)NCCN(c1cc(Cl)ccc1C)S(C)(=O)=O. The van der Waals surface area contributed by atoms with Gasteiger partial charge < -0.3 is 5.32 Å². The maximum atomic E-state index is 12.2. The largest absolute Gasteiger partial charge is 0.354 e. The Kier molecular flexibility index (Phi) is 6.67. The minimum absolute atomic E-state index is 0.138. The molecule has 0 aromatic heterocycles. The lowest BCUT2D eigenvalue weighted by Gasteiger charge is -2.24. The molecule has 0 fully saturated rings. The van der Waals surface area contributed by atoms with E-state index in [2.05, 4.69) is 5.32 Å². The number of benzene rings is 2. The Balaban J connectivity index is 2.03. The van der Waals surface area contributed by atoms with Crippen LogP contribution >= 0.6 is 11.6 Å². The molecule has 5 nitrogen and oxygen atoms in total. The zero-order valence-electron chi connectivity index (χ0n) is 15.1. The van der Waals surface area contributed by atoms with Gasteiger partial charge in [-0.3, -0.25) is 9.10 Å². The summed E-state index contributed by atoms with van der Waals surface area (Å²) in [5, 5.41) is 3.25. The van der Waals surface area contributed by atoms with Crippen molar-refractivity contribution in [1.82, 2.24) is 5.32 Å². The Bertz CT molecular complexity index is 897. The van der Waals surface area contributed by atoms with Gasteiger partial charge in [0.05, 0.1) is 24.9 Å². The lowest BCUT2D eigenvalue weighted by atomic mass is 10.1. The van der Waals surface area contributed by atoms with E-state index in [0.717, 1.165) is 22.9 Å². The zero-order valence-corrected chi connectivity index (χ0v) is 16.7. The summed E-state index contributed by atoms with van der Waals surface area (Å²) in [6.45, 7) is 4.12. The number of carbonyl (C=O) groups is 1. The van der Waals surface area contributed by atoms with Gasteiger partial charge in [0.25, 0.3) is 0 Å². The second-order valence-corrected chi connectivity index (χ2v) is 8.56. The summed E-state index contributed by atoms with van der Waals surface area (Å²) in [5.74, 6) is -0.143. The summed E-state index contributed by atoms with van der Waals surface area (Å²) < 4.78 is 25.6. The third-order valence-corrected chi connectivity index (χ3v) is 5.50. The van der Waals surface area contributed by atoms with Crippen LogP contribution in [0, 0.1) is 13.8 Å². The van der Waals surface area contributed by atoms with Crippen molar-refractivity contribution >= 4 is 33.2 Å². The molecule has 0 bridgehead atoms. The number of rotatable bonds is 7. The molecule has 0 aliphatic carbocycles. The number of hydrogen-bond acceptors (Lipinski definition) is 3. The van der Waals surface area contributed by atoms with Crippen molar-refractivity contribution in [3.8, 4) is 0 Å². The third kappa shape index (κ3) is 5.47. The summed E-state index contributed by atoms with van der Waals surface area (Å²) >= 11 is 6.01. The molecule has 26 heavy (non-hydrogen) atoms. The second kappa shape index (κ2) is 8.56. The highest BCUT2D eigenvalue weighted by atomic mass is 35.5. The molecule has 0 unspecified atom stereocenters. The molecule has 0 saturated carbocycles. The maximum absolute atomic E-state index is 12.2. The van der Waals surface area contributed by atoms with E-state index < -0.39 is 10.0 Å². The fraction of sp³-hybridized carbons (Fsp3) is 0.316. The van der Waals surface area contributed by atoms with E-state index in [-0.39, 0.29) is 25.4 Å². The van der Waals surface area contributed by atoms with Gasteiger partial charge in [0.1, 0.15) is 0 Å². The van der Waals surface area contributed by atoms with Crippen LogP contribution in [0.1, 0.15) is 16.7 Å². The molecule has 0 aliphatic rings. The number of aryl methyl sites for hydroxylation is 2. The first-order valence-corrected chi connectivity index (χ1v) is 10.5. The van der Waals surface area contributed by atoms with Gasteiger partial charge in [-0.1, -0.05) is 41.9 Å². The highest BCUT2D eigenvalue weighted by Gasteiger charge is 2.19. The van der Waals surface area contributed by atoms with E-state index in [1.807, 2.05) is 38.1 Å². The second-order valence-electron chi connectivity index (χ2n) is 6.22. The average Bonchev–Trinajstić information content (AvgIpc) is 2.55. The summed E-state index contributed by atoms with van der Waals surface area (Å²) in [5.41, 5.74) is 3.32. The van der Waals surface area contributed by atoms with Crippen LogP contribution in [0.25, 0.3) is 0 Å². The Hall–Kier alpha value is -2.05. The minimum atomic E-state index is -3.50. The topological polar surface area (TPSA) is 66.5 Å². The molecule has 2 aromatic rings. The molecule has 7 heteroatoms. The van der Waals surface area contributed by atoms with Gasteiger partial charge in [-0.2, -0.15) is 0 Å². The van der Waals surface area contributed by atoms with Gasteiger partial charge in [0.2, 0.25) is 15.9 Å².